The summed E-state index contributed by atoms with van der Waals surface area (Å²) in [4.78, 5) is 34.7. The van der Waals surface area contributed by atoms with Crippen LogP contribution in [-0.2, 0) is 29.1 Å². The lowest BCUT2D eigenvalue weighted by Gasteiger charge is -2.23. The van der Waals surface area contributed by atoms with Crippen molar-refractivity contribution in [1.82, 2.24) is 0 Å². The molecule has 0 saturated heterocycles. The number of esters is 2. The highest BCUT2D eigenvalue weighted by Crippen LogP contribution is 2.25. The van der Waals surface area contributed by atoms with Gasteiger partial charge in [-0.1, -0.05) is 0 Å². The van der Waals surface area contributed by atoms with Crippen LogP contribution in [0.5, 0.6) is 0 Å². The first-order valence-electron chi connectivity index (χ1n) is 8.93. The number of hydrogen-bond donors (Lipinski definition) is 1. The molecule has 2 aromatic rings. The van der Waals surface area contributed by atoms with Crippen LogP contribution in [0, 0.1) is 0 Å². The highest BCUT2D eigenvalue weighted by Gasteiger charge is 2.28. The SMILES string of the molecule is CCOC(=O)c1ccc(N(CC(=O)OC)S(=O)(=O)c2ccc(NC(C)=O)cc2)cc1. The second-order valence-corrected chi connectivity index (χ2v) is 7.92. The van der Waals surface area contributed by atoms with E-state index in [1.165, 1.54) is 55.5 Å². The van der Waals surface area contributed by atoms with Gasteiger partial charge in [-0.3, -0.25) is 13.9 Å². The highest BCUT2D eigenvalue weighted by molar-refractivity contribution is 7.92. The molecular weight excluding hydrogens is 412 g/mol. The Hall–Kier alpha value is -3.40. The third-order valence-electron chi connectivity index (χ3n) is 3.93. The Morgan fingerprint density at radius 2 is 1.60 bits per heavy atom. The van der Waals surface area contributed by atoms with Gasteiger partial charge in [0.25, 0.3) is 10.0 Å². The van der Waals surface area contributed by atoms with Crippen molar-refractivity contribution in [1.29, 1.82) is 0 Å². The van der Waals surface area contributed by atoms with Gasteiger partial charge in [0, 0.05) is 12.6 Å². The molecule has 0 aliphatic carbocycles. The number of hydrogen-bond acceptors (Lipinski definition) is 7. The molecule has 0 atom stereocenters. The number of sulfonamides is 1. The molecule has 2 aromatic carbocycles. The van der Waals surface area contributed by atoms with Crippen LogP contribution in [-0.4, -0.2) is 46.5 Å². The Morgan fingerprint density at radius 3 is 2.10 bits per heavy atom. The van der Waals surface area contributed by atoms with Gasteiger partial charge in [0.05, 0.1) is 29.9 Å². The summed E-state index contributed by atoms with van der Waals surface area (Å²) in [7, 11) is -2.99. The van der Waals surface area contributed by atoms with Gasteiger partial charge >= 0.3 is 11.9 Å². The number of rotatable bonds is 8. The molecule has 0 aromatic heterocycles. The average Bonchev–Trinajstić information content (AvgIpc) is 2.72. The number of methoxy groups -OCH3 is 1. The van der Waals surface area contributed by atoms with E-state index in [1.54, 1.807) is 6.92 Å². The number of ether oxygens (including phenoxy) is 2. The molecule has 30 heavy (non-hydrogen) atoms. The Kier molecular flexibility index (Phi) is 7.54. The smallest absolute Gasteiger partial charge is 0.338 e. The van der Waals surface area contributed by atoms with Gasteiger partial charge in [-0.05, 0) is 55.5 Å². The fraction of sp³-hybridized carbons (Fsp3) is 0.250. The van der Waals surface area contributed by atoms with E-state index in [-0.39, 0.29) is 28.7 Å². The summed E-state index contributed by atoms with van der Waals surface area (Å²) >= 11 is 0. The van der Waals surface area contributed by atoms with E-state index in [1.807, 2.05) is 0 Å². The molecular formula is C20H22N2O7S. The molecule has 1 amide bonds. The lowest BCUT2D eigenvalue weighted by atomic mass is 10.2. The minimum Gasteiger partial charge on any atom is -0.468 e. The van der Waals surface area contributed by atoms with Crippen LogP contribution in [0.2, 0.25) is 0 Å². The van der Waals surface area contributed by atoms with E-state index >= 15 is 0 Å². The summed E-state index contributed by atoms with van der Waals surface area (Å²) in [6.45, 7) is 2.65. The number of amides is 1. The van der Waals surface area contributed by atoms with E-state index < -0.39 is 28.5 Å². The molecule has 2 rings (SSSR count). The van der Waals surface area contributed by atoms with Crippen molar-refractivity contribution in [2.75, 3.05) is 29.9 Å². The maximum absolute atomic E-state index is 13.2. The fourth-order valence-electron chi connectivity index (χ4n) is 2.52. The Labute approximate surface area is 174 Å². The Balaban J connectivity index is 2.41. The number of nitrogens with zero attached hydrogens (tertiary/aromatic N) is 1. The number of carbonyl (C=O) groups is 3. The lowest BCUT2D eigenvalue weighted by Crippen LogP contribution is -2.36. The zero-order valence-electron chi connectivity index (χ0n) is 16.7. The topological polar surface area (TPSA) is 119 Å². The van der Waals surface area contributed by atoms with Crippen molar-refractivity contribution in [3.05, 3.63) is 54.1 Å². The molecule has 0 radical (unpaired) electrons. The molecule has 160 valence electrons. The monoisotopic (exact) mass is 434 g/mol. The van der Waals surface area contributed by atoms with E-state index in [0.717, 1.165) is 11.4 Å². The van der Waals surface area contributed by atoms with Gasteiger partial charge in [-0.2, -0.15) is 0 Å². The van der Waals surface area contributed by atoms with Crippen LogP contribution in [0.3, 0.4) is 0 Å². The second-order valence-electron chi connectivity index (χ2n) is 6.06. The summed E-state index contributed by atoms with van der Waals surface area (Å²) in [5.74, 6) is -1.59. The van der Waals surface area contributed by atoms with Crippen molar-refractivity contribution in [2.45, 2.75) is 18.7 Å². The van der Waals surface area contributed by atoms with Gasteiger partial charge in [0.2, 0.25) is 5.91 Å². The lowest BCUT2D eigenvalue weighted by molar-refractivity contribution is -0.138. The molecule has 0 bridgehead atoms. The molecule has 0 aliphatic rings. The van der Waals surface area contributed by atoms with Crippen LogP contribution < -0.4 is 9.62 Å². The maximum atomic E-state index is 13.2. The summed E-state index contributed by atoms with van der Waals surface area (Å²) in [5, 5.41) is 2.55. The quantitative estimate of drug-likeness (QED) is 0.633. The first kappa shape index (κ1) is 22.9. The van der Waals surface area contributed by atoms with Crippen molar-refractivity contribution < 1.29 is 32.3 Å². The Morgan fingerprint density at radius 1 is 1.00 bits per heavy atom. The summed E-state index contributed by atoms with van der Waals surface area (Å²) in [6, 6.07) is 11.1. The molecule has 10 heteroatoms. The largest absolute Gasteiger partial charge is 0.468 e. The summed E-state index contributed by atoms with van der Waals surface area (Å²) in [5.41, 5.74) is 0.842. The van der Waals surface area contributed by atoms with Gasteiger partial charge < -0.3 is 14.8 Å². The fourth-order valence-corrected chi connectivity index (χ4v) is 3.92. The van der Waals surface area contributed by atoms with Crippen molar-refractivity contribution in [3.63, 3.8) is 0 Å². The van der Waals surface area contributed by atoms with Crippen molar-refractivity contribution in [3.8, 4) is 0 Å². The first-order valence-corrected chi connectivity index (χ1v) is 10.4. The average molecular weight is 434 g/mol. The second kappa shape index (κ2) is 9.88. The molecule has 0 heterocycles. The zero-order valence-corrected chi connectivity index (χ0v) is 17.6. The molecule has 9 nitrogen and oxygen atoms in total. The van der Waals surface area contributed by atoms with Crippen LogP contribution in [0.1, 0.15) is 24.2 Å². The molecule has 0 aliphatic heterocycles. The van der Waals surface area contributed by atoms with Crippen LogP contribution in [0.15, 0.2) is 53.4 Å². The van der Waals surface area contributed by atoms with E-state index in [4.69, 9.17) is 4.74 Å². The van der Waals surface area contributed by atoms with Gasteiger partial charge in [-0.15, -0.1) is 0 Å². The molecule has 1 N–H and O–H groups in total. The van der Waals surface area contributed by atoms with Crippen molar-refractivity contribution >= 4 is 39.2 Å². The number of benzene rings is 2. The first-order chi connectivity index (χ1) is 14.2. The van der Waals surface area contributed by atoms with Crippen LogP contribution in [0.4, 0.5) is 11.4 Å². The molecule has 0 saturated carbocycles. The van der Waals surface area contributed by atoms with Gasteiger partial charge in [0.1, 0.15) is 6.54 Å². The predicted octanol–water partition coefficient (Wildman–Crippen LogP) is 2.19. The zero-order chi connectivity index (χ0) is 22.3. The van der Waals surface area contributed by atoms with Crippen LogP contribution in [0.25, 0.3) is 0 Å². The third-order valence-corrected chi connectivity index (χ3v) is 5.72. The number of carbonyl (C=O) groups excluding carboxylic acids is 3. The molecule has 0 unspecified atom stereocenters. The molecule has 0 spiro atoms. The summed E-state index contributed by atoms with van der Waals surface area (Å²) in [6.07, 6.45) is 0. The maximum Gasteiger partial charge on any atom is 0.338 e. The minimum absolute atomic E-state index is 0.0880. The van der Waals surface area contributed by atoms with Crippen LogP contribution >= 0.6 is 0 Å². The predicted molar refractivity (Wildman–Crippen MR) is 110 cm³/mol. The van der Waals surface area contributed by atoms with E-state index in [9.17, 15) is 22.8 Å². The minimum atomic E-state index is -4.14. The number of nitrogens with one attached hydrogen (secondary N) is 1. The van der Waals surface area contributed by atoms with Gasteiger partial charge in [-0.25, -0.2) is 13.2 Å². The standard InChI is InChI=1S/C20H22N2O7S/c1-4-29-20(25)15-5-9-17(10-6-15)22(13-19(24)28-3)30(26,27)18-11-7-16(8-12-18)21-14(2)23/h5-12H,4,13H2,1-3H3,(H,21,23). The third kappa shape index (κ3) is 5.57. The Bertz CT molecular complexity index is 1020. The number of anilines is 2. The van der Waals surface area contributed by atoms with E-state index in [0.29, 0.717) is 5.69 Å². The summed E-state index contributed by atoms with van der Waals surface area (Å²) < 4.78 is 36.8. The van der Waals surface area contributed by atoms with Gasteiger partial charge in [0.15, 0.2) is 0 Å². The molecule has 0 fully saturated rings. The van der Waals surface area contributed by atoms with E-state index in [2.05, 4.69) is 10.1 Å². The van der Waals surface area contributed by atoms with Crippen molar-refractivity contribution in [2.24, 2.45) is 0 Å². The highest BCUT2D eigenvalue weighted by atomic mass is 32.2. The normalized spacial score (nSPS) is 10.8.